The summed E-state index contributed by atoms with van der Waals surface area (Å²) in [6.07, 6.45) is 0. The fraction of sp³-hybridized carbons (Fsp3) is 1.00. The zero-order chi connectivity index (χ0) is 9.03. The third-order valence-electron chi connectivity index (χ3n) is 2.27. The Morgan fingerprint density at radius 2 is 2.17 bits per heavy atom. The molecule has 0 aromatic carbocycles. The molecule has 1 rings (SSSR count). The topological polar surface area (TPSA) is 56.5 Å². The van der Waals surface area contributed by atoms with E-state index in [0.29, 0.717) is 0 Å². The average molecular weight is 189 g/mol. The molecule has 1 saturated heterocycles. The van der Waals surface area contributed by atoms with Crippen molar-refractivity contribution in [2.45, 2.75) is 17.6 Å². The van der Waals surface area contributed by atoms with Gasteiger partial charge in [-0.05, 0) is 25.2 Å². The van der Waals surface area contributed by atoms with Crippen molar-refractivity contribution in [1.82, 2.24) is 5.32 Å². The minimum absolute atomic E-state index is 0.482. The Morgan fingerprint density at radius 1 is 1.50 bits per heavy atom. The van der Waals surface area contributed by atoms with Crippen molar-refractivity contribution < 1.29 is 9.47 Å². The molecular formula is C7H17N2O2Si. The van der Waals surface area contributed by atoms with Gasteiger partial charge < -0.3 is 15.2 Å². The standard InChI is InChI=1S/C7H17N2O2Si/c1-10-7(11-2)9-4-6-12(7)5-3-8/h9H,3-6,8H2,1-2H3. The molecule has 1 fully saturated rings. The number of nitrogens with one attached hydrogen (secondary N) is 1. The lowest BCUT2D eigenvalue weighted by molar-refractivity contribution is -0.162. The average Bonchev–Trinajstić information content (AvgIpc) is 2.50. The minimum atomic E-state index is -0.643. The third kappa shape index (κ3) is 1.70. The van der Waals surface area contributed by atoms with E-state index in [-0.39, 0.29) is 0 Å². The maximum Gasteiger partial charge on any atom is 0.202 e. The van der Waals surface area contributed by atoms with Gasteiger partial charge in [-0.25, -0.2) is 0 Å². The summed E-state index contributed by atoms with van der Waals surface area (Å²) in [4.78, 5) is 0. The highest BCUT2D eigenvalue weighted by atomic mass is 28.3. The van der Waals surface area contributed by atoms with Gasteiger partial charge in [0.2, 0.25) is 5.53 Å². The second-order valence-corrected chi connectivity index (χ2v) is 5.71. The van der Waals surface area contributed by atoms with E-state index in [1.165, 1.54) is 6.04 Å². The number of ether oxygens (including phenoxy) is 2. The maximum absolute atomic E-state index is 5.53. The summed E-state index contributed by atoms with van der Waals surface area (Å²) in [5.74, 6) is 0. The lowest BCUT2D eigenvalue weighted by Crippen LogP contribution is -2.54. The smallest absolute Gasteiger partial charge is 0.202 e. The van der Waals surface area contributed by atoms with Crippen molar-refractivity contribution >= 4 is 8.80 Å². The highest BCUT2D eigenvalue weighted by Gasteiger charge is 2.44. The number of methoxy groups -OCH3 is 2. The highest BCUT2D eigenvalue weighted by molar-refractivity contribution is 6.62. The molecule has 0 aromatic heterocycles. The predicted molar refractivity (Wildman–Crippen MR) is 49.2 cm³/mol. The van der Waals surface area contributed by atoms with Crippen LogP contribution in [0.25, 0.3) is 0 Å². The molecule has 0 aliphatic carbocycles. The van der Waals surface area contributed by atoms with Crippen LogP contribution in [0, 0.1) is 0 Å². The second-order valence-electron chi connectivity index (χ2n) is 2.84. The third-order valence-corrected chi connectivity index (χ3v) is 5.53. The molecule has 71 valence electrons. The molecule has 0 amide bonds. The number of hydrogen-bond donors (Lipinski definition) is 2. The Labute approximate surface area is 75.0 Å². The van der Waals surface area contributed by atoms with Crippen LogP contribution in [-0.2, 0) is 9.47 Å². The molecule has 0 atom stereocenters. The molecule has 5 heteroatoms. The number of hydrogen-bond acceptors (Lipinski definition) is 4. The van der Waals surface area contributed by atoms with Crippen LogP contribution < -0.4 is 11.1 Å². The van der Waals surface area contributed by atoms with Crippen LogP contribution in [-0.4, -0.2) is 41.6 Å². The lowest BCUT2D eigenvalue weighted by atomic mass is 10.7. The fourth-order valence-corrected chi connectivity index (χ4v) is 4.28. The molecule has 0 bridgehead atoms. The molecular weight excluding hydrogens is 172 g/mol. The van der Waals surface area contributed by atoms with Crippen LogP contribution in [0.5, 0.6) is 0 Å². The molecule has 12 heavy (non-hydrogen) atoms. The van der Waals surface area contributed by atoms with E-state index in [1.807, 2.05) is 0 Å². The minimum Gasteiger partial charge on any atom is -0.345 e. The van der Waals surface area contributed by atoms with Crippen molar-refractivity contribution in [3.8, 4) is 0 Å². The molecule has 1 heterocycles. The van der Waals surface area contributed by atoms with E-state index in [4.69, 9.17) is 15.2 Å². The molecule has 0 spiro atoms. The van der Waals surface area contributed by atoms with Crippen LogP contribution in [0.3, 0.4) is 0 Å². The van der Waals surface area contributed by atoms with Gasteiger partial charge >= 0.3 is 0 Å². The second kappa shape index (κ2) is 4.34. The monoisotopic (exact) mass is 189 g/mol. The maximum atomic E-state index is 5.53. The van der Waals surface area contributed by atoms with Gasteiger partial charge in [-0.3, -0.25) is 5.32 Å². The lowest BCUT2D eigenvalue weighted by Gasteiger charge is -2.31. The van der Waals surface area contributed by atoms with Crippen molar-refractivity contribution in [2.75, 3.05) is 27.3 Å². The summed E-state index contributed by atoms with van der Waals surface area (Å²) < 4.78 is 10.7. The summed E-state index contributed by atoms with van der Waals surface area (Å²) in [7, 11) is 2.72. The first-order valence-electron chi connectivity index (χ1n) is 4.19. The Kier molecular flexibility index (Phi) is 3.67. The first-order valence-corrected chi connectivity index (χ1v) is 6.11. The SMILES string of the molecule is COC1(OC)NCC[Si]1CCN. The zero-order valence-corrected chi connectivity index (χ0v) is 8.72. The van der Waals surface area contributed by atoms with Crippen LogP contribution in [0.2, 0.25) is 12.1 Å². The molecule has 0 unspecified atom stereocenters. The quantitative estimate of drug-likeness (QED) is 0.464. The van der Waals surface area contributed by atoms with Crippen LogP contribution in [0.15, 0.2) is 0 Å². The van der Waals surface area contributed by atoms with Crippen molar-refractivity contribution in [3.05, 3.63) is 0 Å². The first-order chi connectivity index (χ1) is 5.79. The van der Waals surface area contributed by atoms with Gasteiger partial charge in [0.05, 0.1) is 0 Å². The Balaban J connectivity index is 2.58. The predicted octanol–water partition coefficient (Wildman–Crippen LogP) is -0.471. The van der Waals surface area contributed by atoms with E-state index in [9.17, 15) is 0 Å². The summed E-state index contributed by atoms with van der Waals surface area (Å²) in [6.45, 7) is 1.71. The van der Waals surface area contributed by atoms with E-state index >= 15 is 0 Å². The van der Waals surface area contributed by atoms with Crippen LogP contribution in [0.1, 0.15) is 0 Å². The molecule has 0 aromatic rings. The first kappa shape index (κ1) is 10.1. The Hall–Kier alpha value is 0.0569. The van der Waals surface area contributed by atoms with E-state index in [0.717, 1.165) is 19.1 Å². The van der Waals surface area contributed by atoms with Gasteiger partial charge in [0, 0.05) is 14.2 Å². The van der Waals surface area contributed by atoms with Gasteiger partial charge in [0.25, 0.3) is 0 Å². The molecule has 0 saturated carbocycles. The fourth-order valence-electron chi connectivity index (χ4n) is 1.65. The van der Waals surface area contributed by atoms with Gasteiger partial charge in [-0.15, -0.1) is 0 Å². The molecule has 1 aliphatic heterocycles. The van der Waals surface area contributed by atoms with Crippen molar-refractivity contribution in [1.29, 1.82) is 0 Å². The molecule has 1 radical (unpaired) electrons. The van der Waals surface area contributed by atoms with Crippen LogP contribution >= 0.6 is 0 Å². The molecule has 3 N–H and O–H groups in total. The Morgan fingerprint density at radius 3 is 2.67 bits per heavy atom. The van der Waals surface area contributed by atoms with E-state index in [2.05, 4.69) is 5.32 Å². The van der Waals surface area contributed by atoms with Gasteiger partial charge in [-0.2, -0.15) is 0 Å². The summed E-state index contributed by atoms with van der Waals surface area (Å²) in [5.41, 5.74) is 5.04. The summed E-state index contributed by atoms with van der Waals surface area (Å²) >= 11 is 0. The largest absolute Gasteiger partial charge is 0.345 e. The van der Waals surface area contributed by atoms with Crippen molar-refractivity contribution in [2.24, 2.45) is 5.73 Å². The number of nitrogens with two attached hydrogens (primary N) is 1. The number of rotatable bonds is 4. The van der Waals surface area contributed by atoms with Crippen LogP contribution in [0.4, 0.5) is 0 Å². The van der Waals surface area contributed by atoms with Gasteiger partial charge in [-0.1, -0.05) is 0 Å². The molecule has 4 nitrogen and oxygen atoms in total. The van der Waals surface area contributed by atoms with E-state index in [1.54, 1.807) is 14.2 Å². The summed E-state index contributed by atoms with van der Waals surface area (Å²) in [6, 6.07) is 2.21. The van der Waals surface area contributed by atoms with Gasteiger partial charge in [0.1, 0.15) is 8.80 Å². The van der Waals surface area contributed by atoms with E-state index < -0.39 is 14.3 Å². The molecule has 1 aliphatic rings. The summed E-state index contributed by atoms with van der Waals surface area (Å²) in [5, 5.41) is 3.25. The Bertz CT molecular complexity index is 141. The normalized spacial score (nSPS) is 23.2. The highest BCUT2D eigenvalue weighted by Crippen LogP contribution is 2.23. The van der Waals surface area contributed by atoms with Crippen molar-refractivity contribution in [3.63, 3.8) is 0 Å². The zero-order valence-electron chi connectivity index (χ0n) is 7.72. The van der Waals surface area contributed by atoms with Gasteiger partial charge in [0.15, 0.2) is 0 Å².